The van der Waals surface area contributed by atoms with Gasteiger partial charge in [0.05, 0.1) is 0 Å². The van der Waals surface area contributed by atoms with Crippen LogP contribution in [0.4, 0.5) is 0 Å². The number of rotatable bonds is 3. The second-order valence-electron chi connectivity index (χ2n) is 6.47. The molecule has 5 heteroatoms. The van der Waals surface area contributed by atoms with Gasteiger partial charge in [0.1, 0.15) is 17.2 Å². The highest BCUT2D eigenvalue weighted by molar-refractivity contribution is 6.52. The average Bonchev–Trinajstić information content (AvgIpc) is 3.00. The van der Waals surface area contributed by atoms with Gasteiger partial charge in [0.2, 0.25) is 5.78 Å². The molecule has 0 radical (unpaired) electrons. The van der Waals surface area contributed by atoms with E-state index < -0.39 is 11.6 Å². The predicted octanol–water partition coefficient (Wildman–Crippen LogP) is 3.50. The maximum Gasteiger partial charge on any atom is 0.252 e. The van der Waals surface area contributed by atoms with E-state index >= 15 is 0 Å². The lowest BCUT2D eigenvalue weighted by Gasteiger charge is -2.17. The van der Waals surface area contributed by atoms with Crippen LogP contribution in [0.1, 0.15) is 52.0 Å². The van der Waals surface area contributed by atoms with Crippen molar-refractivity contribution in [2.75, 3.05) is 0 Å². The first kappa shape index (κ1) is 15.4. The molecule has 4 rings (SSSR count). The lowest BCUT2D eigenvalue weighted by molar-refractivity contribution is 0.0810. The minimum Gasteiger partial charge on any atom is -0.320 e. The number of hydrogen-bond donors (Lipinski definition) is 0. The van der Waals surface area contributed by atoms with E-state index in [0.717, 1.165) is 17.0 Å². The lowest BCUT2D eigenvalue weighted by Crippen LogP contribution is -2.24. The van der Waals surface area contributed by atoms with E-state index in [2.05, 4.69) is 4.98 Å². The zero-order valence-corrected chi connectivity index (χ0v) is 14.1. The van der Waals surface area contributed by atoms with Crippen molar-refractivity contribution < 1.29 is 9.59 Å². The van der Waals surface area contributed by atoms with E-state index in [1.54, 1.807) is 24.5 Å². The van der Waals surface area contributed by atoms with Crippen molar-refractivity contribution >= 4 is 11.6 Å². The fourth-order valence-corrected chi connectivity index (χ4v) is 3.28. The summed E-state index contributed by atoms with van der Waals surface area (Å²) in [6.45, 7) is 4.56. The van der Waals surface area contributed by atoms with Gasteiger partial charge in [0, 0.05) is 36.0 Å². The molecular weight excluding hydrogens is 314 g/mol. The highest BCUT2D eigenvalue weighted by Gasteiger charge is 2.36. The Hall–Kier alpha value is -3.08. The molecule has 1 aliphatic rings. The Kier molecular flexibility index (Phi) is 3.57. The fourth-order valence-electron chi connectivity index (χ4n) is 3.28. The van der Waals surface area contributed by atoms with Crippen molar-refractivity contribution in [1.82, 2.24) is 14.5 Å². The van der Waals surface area contributed by atoms with Gasteiger partial charge in [-0.2, -0.15) is 0 Å². The second-order valence-corrected chi connectivity index (χ2v) is 6.47. The van der Waals surface area contributed by atoms with E-state index in [9.17, 15) is 9.59 Å². The molecule has 0 amide bonds. The number of Topliss-reactive ketones (excluding diaryl/α,β-unsaturated/α-hetero) is 2. The summed E-state index contributed by atoms with van der Waals surface area (Å²) in [5.41, 5.74) is 3.18. The Morgan fingerprint density at radius 3 is 2.32 bits per heavy atom. The van der Waals surface area contributed by atoms with E-state index in [1.165, 1.54) is 0 Å². The number of nitrogens with zero attached hydrogens (tertiary/aromatic N) is 3. The fraction of sp³-hybridized carbons (Fsp3) is 0.200. The Morgan fingerprint density at radius 1 is 0.960 bits per heavy atom. The minimum absolute atomic E-state index is 0.127. The van der Waals surface area contributed by atoms with Crippen LogP contribution < -0.4 is 0 Å². The monoisotopic (exact) mass is 331 g/mol. The summed E-state index contributed by atoms with van der Waals surface area (Å²) in [4.78, 5) is 34.1. The van der Waals surface area contributed by atoms with Crippen molar-refractivity contribution in [1.29, 1.82) is 0 Å². The summed E-state index contributed by atoms with van der Waals surface area (Å²) in [7, 11) is 0. The third kappa shape index (κ3) is 2.39. The van der Waals surface area contributed by atoms with Crippen LogP contribution in [0, 0.1) is 0 Å². The van der Waals surface area contributed by atoms with Gasteiger partial charge in [0.15, 0.2) is 0 Å². The molecule has 25 heavy (non-hydrogen) atoms. The Morgan fingerprint density at radius 2 is 1.64 bits per heavy atom. The van der Waals surface area contributed by atoms with Crippen LogP contribution in [0.3, 0.4) is 0 Å². The van der Waals surface area contributed by atoms with E-state index in [0.29, 0.717) is 23.5 Å². The molecule has 0 bridgehead atoms. The topological polar surface area (TPSA) is 64.8 Å². The number of carbonyl (C=O) groups is 2. The van der Waals surface area contributed by atoms with Crippen LogP contribution in [0.15, 0.2) is 48.8 Å². The van der Waals surface area contributed by atoms with Crippen LogP contribution in [0.5, 0.6) is 0 Å². The molecule has 0 N–H and O–H groups in total. The minimum atomic E-state index is -0.484. The molecule has 2 aromatic heterocycles. The first-order chi connectivity index (χ1) is 12.1. The molecule has 2 heterocycles. The second kappa shape index (κ2) is 5.77. The van der Waals surface area contributed by atoms with Crippen molar-refractivity contribution in [2.24, 2.45) is 0 Å². The molecule has 0 fully saturated rings. The zero-order valence-electron chi connectivity index (χ0n) is 14.1. The normalized spacial score (nSPS) is 13.1. The number of pyridine rings is 1. The molecule has 0 saturated carbocycles. The van der Waals surface area contributed by atoms with Crippen molar-refractivity contribution in [3.63, 3.8) is 0 Å². The number of benzene rings is 1. The van der Waals surface area contributed by atoms with Crippen LogP contribution in [-0.4, -0.2) is 26.1 Å². The van der Waals surface area contributed by atoms with Crippen LogP contribution in [0.25, 0.3) is 11.3 Å². The maximum atomic E-state index is 12.8. The number of fused-ring (bicyclic) bond motifs is 3. The van der Waals surface area contributed by atoms with E-state index in [-0.39, 0.29) is 5.92 Å². The first-order valence-electron chi connectivity index (χ1n) is 8.25. The molecule has 0 aliphatic heterocycles. The molecule has 0 unspecified atom stereocenters. The quantitative estimate of drug-likeness (QED) is 0.689. The van der Waals surface area contributed by atoms with Crippen LogP contribution in [0.2, 0.25) is 0 Å². The summed E-state index contributed by atoms with van der Waals surface area (Å²) in [6.07, 6.45) is 3.44. The van der Waals surface area contributed by atoms with Gasteiger partial charge in [-0.15, -0.1) is 0 Å². The van der Waals surface area contributed by atoms with Gasteiger partial charge in [0.25, 0.3) is 5.78 Å². The summed E-state index contributed by atoms with van der Waals surface area (Å²) < 4.78 is 1.88. The number of hydrogen-bond acceptors (Lipinski definition) is 4. The number of aromatic nitrogens is 3. The van der Waals surface area contributed by atoms with Crippen molar-refractivity contribution in [3.8, 4) is 11.3 Å². The molecule has 0 spiro atoms. The Bertz CT molecular complexity index is 987. The van der Waals surface area contributed by atoms with Gasteiger partial charge < -0.3 is 4.57 Å². The van der Waals surface area contributed by atoms with Crippen LogP contribution >= 0.6 is 0 Å². The largest absolute Gasteiger partial charge is 0.320 e. The molecular formula is C20H17N3O2. The summed E-state index contributed by atoms with van der Waals surface area (Å²) in [5.74, 6) is -0.0152. The van der Waals surface area contributed by atoms with Gasteiger partial charge in [-0.25, -0.2) is 4.98 Å². The highest BCUT2D eigenvalue weighted by Crippen LogP contribution is 2.35. The van der Waals surface area contributed by atoms with Gasteiger partial charge in [-0.05, 0) is 17.7 Å². The maximum absolute atomic E-state index is 12.8. The molecule has 5 nitrogen and oxygen atoms in total. The van der Waals surface area contributed by atoms with Crippen molar-refractivity contribution in [2.45, 2.75) is 26.3 Å². The van der Waals surface area contributed by atoms with E-state index in [4.69, 9.17) is 4.98 Å². The third-order valence-corrected chi connectivity index (χ3v) is 4.45. The first-order valence-corrected chi connectivity index (χ1v) is 8.25. The average molecular weight is 331 g/mol. The molecule has 3 aromatic rings. The van der Waals surface area contributed by atoms with E-state index in [1.807, 2.05) is 42.7 Å². The molecule has 0 atom stereocenters. The summed E-state index contributed by atoms with van der Waals surface area (Å²) >= 11 is 0. The lowest BCUT2D eigenvalue weighted by atomic mass is 9.90. The SMILES string of the molecule is CC(C)c1nc2c(n1Cc1ccncc1)C(=O)C(=O)c1ccccc1-2. The third-order valence-electron chi connectivity index (χ3n) is 4.45. The van der Waals surface area contributed by atoms with Crippen molar-refractivity contribution in [3.05, 3.63) is 71.4 Å². The van der Waals surface area contributed by atoms with Crippen LogP contribution in [-0.2, 0) is 6.54 Å². The summed E-state index contributed by atoms with van der Waals surface area (Å²) in [6, 6.07) is 11.0. The standard InChI is InChI=1S/C20H17N3O2/c1-12(2)20-22-16-14-5-3-4-6-15(14)18(24)19(25)17(16)23(20)11-13-7-9-21-10-8-13/h3-10,12H,11H2,1-2H3. The van der Waals surface area contributed by atoms with Gasteiger partial charge in [-0.1, -0.05) is 38.1 Å². The number of imidazole rings is 1. The Labute approximate surface area is 145 Å². The number of ketones is 2. The van der Waals surface area contributed by atoms with Gasteiger partial charge >= 0.3 is 0 Å². The van der Waals surface area contributed by atoms with Gasteiger partial charge in [-0.3, -0.25) is 14.6 Å². The molecule has 1 aromatic carbocycles. The number of carbonyl (C=O) groups excluding carboxylic acids is 2. The molecule has 124 valence electrons. The summed E-state index contributed by atoms with van der Waals surface area (Å²) in [5, 5.41) is 0. The Balaban J connectivity index is 1.96. The smallest absolute Gasteiger partial charge is 0.252 e. The zero-order chi connectivity index (χ0) is 17.6. The molecule has 1 aliphatic carbocycles. The highest BCUT2D eigenvalue weighted by atomic mass is 16.2. The molecule has 0 saturated heterocycles. The predicted molar refractivity (Wildman–Crippen MR) is 93.8 cm³/mol.